The number of methoxy groups -OCH3 is 1. The number of hydrogen-bond acceptors (Lipinski definition) is 10. The minimum Gasteiger partial charge on any atom is -0.493 e. The van der Waals surface area contributed by atoms with Crippen LogP contribution in [0.25, 0.3) is 10.9 Å². The largest absolute Gasteiger partial charge is 0.493 e. The molecular formula is C21H25BrClN3O8. The fourth-order valence-electron chi connectivity index (χ4n) is 3.06. The predicted molar refractivity (Wildman–Crippen MR) is 129 cm³/mol. The molecule has 0 unspecified atom stereocenters. The zero-order chi connectivity index (χ0) is 24.1. The maximum atomic E-state index is 10.3. The van der Waals surface area contributed by atoms with Gasteiger partial charge in [0, 0.05) is 21.6 Å². The van der Waals surface area contributed by atoms with Crippen molar-refractivity contribution in [1.29, 1.82) is 0 Å². The summed E-state index contributed by atoms with van der Waals surface area (Å²) >= 11 is 9.51. The van der Waals surface area contributed by atoms with Gasteiger partial charge in [-0.1, -0.05) is 11.6 Å². The van der Waals surface area contributed by atoms with Crippen molar-refractivity contribution in [2.45, 2.75) is 24.4 Å². The summed E-state index contributed by atoms with van der Waals surface area (Å²) in [5.41, 5.74) is 1.16. The number of nitrogens with one attached hydrogen (secondary N) is 1. The van der Waals surface area contributed by atoms with Crippen LogP contribution >= 0.6 is 27.5 Å². The van der Waals surface area contributed by atoms with Crippen molar-refractivity contribution in [3.63, 3.8) is 0 Å². The molecule has 13 heteroatoms. The van der Waals surface area contributed by atoms with Crippen molar-refractivity contribution in [1.82, 2.24) is 9.97 Å². The van der Waals surface area contributed by atoms with Gasteiger partial charge in [-0.3, -0.25) is 0 Å². The van der Waals surface area contributed by atoms with Crippen LogP contribution in [-0.2, 0) is 0 Å². The molecule has 11 nitrogen and oxygen atoms in total. The molecule has 0 saturated carbocycles. The fourth-order valence-corrected chi connectivity index (χ4v) is 3.49. The summed E-state index contributed by atoms with van der Waals surface area (Å²) in [5, 5.41) is 52.7. The summed E-state index contributed by atoms with van der Waals surface area (Å²) in [6.07, 6.45) is -5.01. The first-order chi connectivity index (χ1) is 15.8. The topological polar surface area (TPSA) is 189 Å². The molecule has 0 radical (unpaired) electrons. The highest BCUT2D eigenvalue weighted by Gasteiger charge is 2.33. The molecule has 0 amide bonds. The van der Waals surface area contributed by atoms with E-state index in [1.807, 2.05) is 6.07 Å². The van der Waals surface area contributed by atoms with Gasteiger partial charge in [-0.25, -0.2) is 9.97 Å². The van der Waals surface area contributed by atoms with Crippen LogP contribution in [0.3, 0.4) is 0 Å². The SMILES string of the molecule is COc1cc2c(Nc3ccc(Br)c(Cl)c3)ncnc2cc1O[C@H](CO)[C@H](O)[C@@H](O)[C@H](O)CO.O. The summed E-state index contributed by atoms with van der Waals surface area (Å²) in [4.78, 5) is 8.52. The summed E-state index contributed by atoms with van der Waals surface area (Å²) in [5.74, 6) is 0.852. The van der Waals surface area contributed by atoms with E-state index in [1.54, 1.807) is 18.2 Å². The molecule has 3 aromatic rings. The Hall–Kier alpha value is -2.29. The number of halogens is 2. The number of fused-ring (bicyclic) bond motifs is 1. The van der Waals surface area contributed by atoms with Crippen molar-refractivity contribution in [3.8, 4) is 11.5 Å². The lowest BCUT2D eigenvalue weighted by Gasteiger charge is -2.28. The fraction of sp³-hybridized carbons (Fsp3) is 0.333. The molecule has 8 N–H and O–H groups in total. The molecule has 0 fully saturated rings. The maximum Gasteiger partial charge on any atom is 0.164 e. The van der Waals surface area contributed by atoms with Crippen LogP contribution in [0, 0.1) is 0 Å². The monoisotopic (exact) mass is 561 g/mol. The van der Waals surface area contributed by atoms with E-state index in [-0.39, 0.29) is 17.0 Å². The number of anilines is 2. The van der Waals surface area contributed by atoms with Gasteiger partial charge in [-0.05, 0) is 40.2 Å². The molecule has 2 aromatic carbocycles. The molecule has 34 heavy (non-hydrogen) atoms. The lowest BCUT2D eigenvalue weighted by atomic mass is 10.0. The summed E-state index contributed by atoms with van der Waals surface area (Å²) < 4.78 is 11.8. The molecule has 1 heterocycles. The highest BCUT2D eigenvalue weighted by molar-refractivity contribution is 9.10. The second-order valence-corrected chi connectivity index (χ2v) is 8.33. The normalized spacial score (nSPS) is 14.6. The summed E-state index contributed by atoms with van der Waals surface area (Å²) in [6.45, 7) is -1.45. The molecule has 4 atom stereocenters. The van der Waals surface area contributed by atoms with E-state index < -0.39 is 37.6 Å². The molecular weight excluding hydrogens is 538 g/mol. The Balaban J connectivity index is 0.00000408. The molecule has 0 aliphatic rings. The number of rotatable bonds is 10. The van der Waals surface area contributed by atoms with Crippen LogP contribution < -0.4 is 14.8 Å². The van der Waals surface area contributed by atoms with Crippen molar-refractivity contribution in [3.05, 3.63) is 46.2 Å². The summed E-state index contributed by atoms with van der Waals surface area (Å²) in [7, 11) is 1.41. The average Bonchev–Trinajstić information content (AvgIpc) is 2.83. The first-order valence-electron chi connectivity index (χ1n) is 9.76. The van der Waals surface area contributed by atoms with Gasteiger partial charge in [0.15, 0.2) is 17.6 Å². The number of aromatic nitrogens is 2. The number of nitrogens with zero attached hydrogens (tertiary/aromatic N) is 2. The number of aliphatic hydroxyl groups excluding tert-OH is 5. The van der Waals surface area contributed by atoms with Gasteiger partial charge in [0.05, 0.1) is 30.9 Å². The smallest absolute Gasteiger partial charge is 0.164 e. The highest BCUT2D eigenvalue weighted by atomic mass is 79.9. The van der Waals surface area contributed by atoms with Crippen LogP contribution in [0.2, 0.25) is 5.02 Å². The Morgan fingerprint density at radius 2 is 1.76 bits per heavy atom. The lowest BCUT2D eigenvalue weighted by Crippen LogP contribution is -2.49. The summed E-state index contributed by atoms with van der Waals surface area (Å²) in [6, 6.07) is 8.49. The average molecular weight is 563 g/mol. The van der Waals surface area contributed by atoms with Crippen LogP contribution in [0.5, 0.6) is 11.5 Å². The van der Waals surface area contributed by atoms with Crippen molar-refractivity contribution < 1.29 is 40.5 Å². The maximum absolute atomic E-state index is 10.3. The number of hydrogen-bond donors (Lipinski definition) is 6. The third-order valence-corrected chi connectivity index (χ3v) is 6.11. The van der Waals surface area contributed by atoms with E-state index in [9.17, 15) is 20.4 Å². The standard InChI is InChI=1S/C21H23BrClN3O7.H2O/c1-32-16-5-11-14(6-17(16)33-18(8-28)20(31)19(30)15(29)7-27)24-9-25-21(11)26-10-2-3-12(22)13(23)4-10;/h2-6,9,15,18-20,27-31H,7-8H2,1H3,(H,24,25,26);1H2/t15-,18-,19+,20+;/m1./s1. The third kappa shape index (κ3) is 6.23. The van der Waals surface area contributed by atoms with E-state index in [0.29, 0.717) is 27.4 Å². The number of benzene rings is 2. The van der Waals surface area contributed by atoms with E-state index in [0.717, 1.165) is 4.47 Å². The lowest BCUT2D eigenvalue weighted by molar-refractivity contribution is -0.117. The Kier molecular flexibility index (Phi) is 10.2. The van der Waals surface area contributed by atoms with Gasteiger partial charge in [0.2, 0.25) is 0 Å². The van der Waals surface area contributed by atoms with E-state index in [1.165, 1.54) is 19.5 Å². The third-order valence-electron chi connectivity index (χ3n) is 4.87. The quantitative estimate of drug-likeness (QED) is 0.206. The Labute approximate surface area is 208 Å². The van der Waals surface area contributed by atoms with Gasteiger partial charge in [-0.2, -0.15) is 0 Å². The first-order valence-corrected chi connectivity index (χ1v) is 10.9. The minimum absolute atomic E-state index is 0. The minimum atomic E-state index is -1.74. The predicted octanol–water partition coefficient (Wildman–Crippen LogP) is 0.788. The number of aliphatic hydroxyl groups is 5. The molecule has 0 saturated heterocycles. The Bertz CT molecular complexity index is 1110. The van der Waals surface area contributed by atoms with Gasteiger partial charge >= 0.3 is 0 Å². The second kappa shape index (κ2) is 12.4. The van der Waals surface area contributed by atoms with Crippen LogP contribution in [0.15, 0.2) is 41.1 Å². The van der Waals surface area contributed by atoms with Gasteiger partial charge in [0.25, 0.3) is 0 Å². The zero-order valence-electron chi connectivity index (χ0n) is 17.9. The highest BCUT2D eigenvalue weighted by Crippen LogP contribution is 2.36. The van der Waals surface area contributed by atoms with E-state index in [2.05, 4.69) is 31.2 Å². The zero-order valence-corrected chi connectivity index (χ0v) is 20.2. The van der Waals surface area contributed by atoms with Crippen molar-refractivity contribution in [2.24, 2.45) is 0 Å². The van der Waals surface area contributed by atoms with Crippen LogP contribution in [-0.4, -0.2) is 85.7 Å². The van der Waals surface area contributed by atoms with Crippen LogP contribution in [0.1, 0.15) is 0 Å². The van der Waals surface area contributed by atoms with Gasteiger partial charge < -0.3 is 45.8 Å². The molecule has 186 valence electrons. The van der Waals surface area contributed by atoms with Crippen LogP contribution in [0.4, 0.5) is 11.5 Å². The van der Waals surface area contributed by atoms with Crippen molar-refractivity contribution >= 4 is 49.9 Å². The van der Waals surface area contributed by atoms with E-state index in [4.69, 9.17) is 26.2 Å². The molecule has 0 spiro atoms. The number of ether oxygens (including phenoxy) is 2. The molecule has 0 aliphatic heterocycles. The van der Waals surface area contributed by atoms with Crippen molar-refractivity contribution in [2.75, 3.05) is 25.6 Å². The first kappa shape index (κ1) is 28.0. The van der Waals surface area contributed by atoms with Gasteiger partial charge in [-0.15, -0.1) is 0 Å². The molecule has 0 bridgehead atoms. The molecule has 1 aromatic heterocycles. The van der Waals surface area contributed by atoms with E-state index >= 15 is 0 Å². The Morgan fingerprint density at radius 3 is 2.38 bits per heavy atom. The Morgan fingerprint density at radius 1 is 1.03 bits per heavy atom. The second-order valence-electron chi connectivity index (χ2n) is 7.07. The molecule has 0 aliphatic carbocycles. The van der Waals surface area contributed by atoms with Gasteiger partial charge in [0.1, 0.15) is 30.5 Å². The molecule has 3 rings (SSSR count).